The summed E-state index contributed by atoms with van der Waals surface area (Å²) in [7, 11) is 1.46. The van der Waals surface area contributed by atoms with Crippen molar-refractivity contribution >= 4 is 12.0 Å². The molecule has 0 radical (unpaired) electrons. The summed E-state index contributed by atoms with van der Waals surface area (Å²) < 4.78 is 0. The number of carbonyl (C=O) groups is 2. The summed E-state index contributed by atoms with van der Waals surface area (Å²) in [5.74, 6) is -1.03. The quantitative estimate of drug-likeness (QED) is 0.695. The Morgan fingerprint density at radius 2 is 2.00 bits per heavy atom. The van der Waals surface area contributed by atoms with Crippen LogP contribution in [0.1, 0.15) is 19.3 Å². The van der Waals surface area contributed by atoms with Crippen LogP contribution < -0.4 is 0 Å². The fourth-order valence-corrected chi connectivity index (χ4v) is 1.73. The molecule has 0 bridgehead atoms. The Bertz CT molecular complexity index is 266. The molecule has 0 aromatic rings. The van der Waals surface area contributed by atoms with Crippen LogP contribution in [0.25, 0.3) is 0 Å². The molecule has 1 saturated carbocycles. The highest BCUT2D eigenvalue weighted by Gasteiger charge is 2.30. The van der Waals surface area contributed by atoms with E-state index in [0.717, 1.165) is 24.2 Å². The lowest BCUT2D eigenvalue weighted by Gasteiger charge is -2.38. The Balaban J connectivity index is 2.54. The van der Waals surface area contributed by atoms with Gasteiger partial charge in [-0.3, -0.25) is 4.79 Å². The van der Waals surface area contributed by atoms with Crippen molar-refractivity contribution in [2.24, 2.45) is 0 Å². The number of amides is 2. The molecule has 0 unspecified atom stereocenters. The molecule has 1 aliphatic rings. The number of nitrogens with zero attached hydrogens (tertiary/aromatic N) is 2. The highest BCUT2D eigenvalue weighted by atomic mass is 16.4. The largest absolute Gasteiger partial charge is 0.480 e. The highest BCUT2D eigenvalue weighted by molar-refractivity contribution is 5.80. The number of likely N-dealkylation sites (N-methyl/N-ethyl adjacent to an activating group) is 1. The van der Waals surface area contributed by atoms with E-state index in [1.54, 1.807) is 4.90 Å². The van der Waals surface area contributed by atoms with Crippen LogP contribution in [0, 0.1) is 0 Å². The molecule has 0 spiro atoms. The third-order valence-corrected chi connectivity index (χ3v) is 2.80. The zero-order chi connectivity index (χ0) is 12.1. The fourth-order valence-electron chi connectivity index (χ4n) is 1.73. The van der Waals surface area contributed by atoms with Gasteiger partial charge in [-0.2, -0.15) is 0 Å². The van der Waals surface area contributed by atoms with Crippen molar-refractivity contribution < 1.29 is 19.8 Å². The predicted molar refractivity (Wildman–Crippen MR) is 57.1 cm³/mol. The molecule has 2 N–H and O–H groups in total. The minimum absolute atomic E-state index is 0.0941. The Kier molecular flexibility index (Phi) is 4.54. The lowest BCUT2D eigenvalue weighted by Crippen LogP contribution is -2.51. The Hall–Kier alpha value is -1.30. The molecular formula is C10H18N2O4. The Morgan fingerprint density at radius 3 is 2.38 bits per heavy atom. The number of hydrogen-bond acceptors (Lipinski definition) is 3. The van der Waals surface area contributed by atoms with Crippen molar-refractivity contribution in [2.75, 3.05) is 26.7 Å². The molecule has 1 aliphatic carbocycles. The SMILES string of the molecule is CN(CC(=O)O)C(=O)N(CCO)C1CCC1. The zero-order valence-electron chi connectivity index (χ0n) is 9.43. The predicted octanol–water partition coefficient (Wildman–Crippen LogP) is -0.0304. The molecule has 1 fully saturated rings. The summed E-state index contributed by atoms with van der Waals surface area (Å²) in [6.07, 6.45) is 2.96. The summed E-state index contributed by atoms with van der Waals surface area (Å²) in [5.41, 5.74) is 0. The van der Waals surface area contributed by atoms with Gasteiger partial charge >= 0.3 is 12.0 Å². The molecule has 0 aromatic carbocycles. The number of carboxylic acid groups (broad SMARTS) is 1. The number of aliphatic hydroxyl groups is 1. The molecule has 1 rings (SSSR count). The van der Waals surface area contributed by atoms with Crippen LogP contribution in [0.2, 0.25) is 0 Å². The summed E-state index contributed by atoms with van der Waals surface area (Å²) in [5, 5.41) is 17.5. The monoisotopic (exact) mass is 230 g/mol. The molecule has 0 atom stereocenters. The summed E-state index contributed by atoms with van der Waals surface area (Å²) in [6, 6.07) is -0.156. The van der Waals surface area contributed by atoms with Gasteiger partial charge in [0.2, 0.25) is 0 Å². The topological polar surface area (TPSA) is 81.1 Å². The molecule has 0 aliphatic heterocycles. The van der Waals surface area contributed by atoms with Crippen molar-refractivity contribution in [3.63, 3.8) is 0 Å². The second-order valence-corrected chi connectivity index (χ2v) is 4.03. The van der Waals surface area contributed by atoms with Crippen LogP contribution in [0.15, 0.2) is 0 Å². The van der Waals surface area contributed by atoms with Gasteiger partial charge in [0.1, 0.15) is 6.54 Å². The van der Waals surface area contributed by atoms with Crippen LogP contribution >= 0.6 is 0 Å². The highest BCUT2D eigenvalue weighted by Crippen LogP contribution is 2.25. The molecule has 6 nitrogen and oxygen atoms in total. The molecule has 6 heteroatoms. The molecule has 0 heterocycles. The first-order valence-electron chi connectivity index (χ1n) is 5.40. The summed E-state index contributed by atoms with van der Waals surface area (Å²) in [4.78, 5) is 25.1. The molecule has 0 aromatic heterocycles. The first-order chi connectivity index (χ1) is 7.56. The number of carboxylic acids is 1. The summed E-state index contributed by atoms with van der Waals surface area (Å²) in [6.45, 7) is -0.135. The Morgan fingerprint density at radius 1 is 1.38 bits per heavy atom. The first-order valence-corrected chi connectivity index (χ1v) is 5.40. The smallest absolute Gasteiger partial charge is 0.323 e. The van der Waals surface area contributed by atoms with Crippen LogP contribution in [0.3, 0.4) is 0 Å². The first kappa shape index (κ1) is 12.8. The third kappa shape index (κ3) is 3.10. The van der Waals surface area contributed by atoms with Crippen molar-refractivity contribution in [1.82, 2.24) is 9.80 Å². The van der Waals surface area contributed by atoms with E-state index in [1.807, 2.05) is 0 Å². The second kappa shape index (κ2) is 5.69. The average Bonchev–Trinajstić information content (AvgIpc) is 2.12. The van der Waals surface area contributed by atoms with Crippen LogP contribution in [0.4, 0.5) is 4.79 Å². The van der Waals surface area contributed by atoms with Gasteiger partial charge in [0, 0.05) is 19.6 Å². The van der Waals surface area contributed by atoms with E-state index in [4.69, 9.17) is 10.2 Å². The minimum atomic E-state index is -1.03. The van der Waals surface area contributed by atoms with Gasteiger partial charge < -0.3 is 20.0 Å². The van der Waals surface area contributed by atoms with Gasteiger partial charge in [0.15, 0.2) is 0 Å². The van der Waals surface area contributed by atoms with E-state index in [1.165, 1.54) is 7.05 Å². The van der Waals surface area contributed by atoms with E-state index in [-0.39, 0.29) is 31.8 Å². The number of aliphatic hydroxyl groups excluding tert-OH is 1. The van der Waals surface area contributed by atoms with Gasteiger partial charge in [-0.25, -0.2) is 4.79 Å². The minimum Gasteiger partial charge on any atom is -0.480 e. The van der Waals surface area contributed by atoms with E-state index in [0.29, 0.717) is 0 Å². The maximum Gasteiger partial charge on any atom is 0.323 e. The number of rotatable bonds is 5. The zero-order valence-corrected chi connectivity index (χ0v) is 9.43. The maximum atomic E-state index is 11.9. The van der Waals surface area contributed by atoms with E-state index in [9.17, 15) is 9.59 Å². The second-order valence-electron chi connectivity index (χ2n) is 4.03. The molecule has 16 heavy (non-hydrogen) atoms. The lowest BCUT2D eigenvalue weighted by molar-refractivity contribution is -0.137. The number of urea groups is 1. The van der Waals surface area contributed by atoms with E-state index >= 15 is 0 Å². The third-order valence-electron chi connectivity index (χ3n) is 2.80. The number of carbonyl (C=O) groups excluding carboxylic acids is 1. The molecule has 92 valence electrons. The van der Waals surface area contributed by atoms with Crippen LogP contribution in [-0.4, -0.2) is 64.8 Å². The lowest BCUT2D eigenvalue weighted by atomic mass is 9.91. The number of hydrogen-bond donors (Lipinski definition) is 2. The van der Waals surface area contributed by atoms with Crippen molar-refractivity contribution in [3.8, 4) is 0 Å². The number of aliphatic carboxylic acids is 1. The van der Waals surface area contributed by atoms with Gasteiger partial charge in [-0.15, -0.1) is 0 Å². The molecular weight excluding hydrogens is 212 g/mol. The average molecular weight is 230 g/mol. The van der Waals surface area contributed by atoms with Gasteiger partial charge in [-0.05, 0) is 19.3 Å². The van der Waals surface area contributed by atoms with Gasteiger partial charge in [0.25, 0.3) is 0 Å². The maximum absolute atomic E-state index is 11.9. The van der Waals surface area contributed by atoms with Crippen molar-refractivity contribution in [2.45, 2.75) is 25.3 Å². The van der Waals surface area contributed by atoms with Crippen molar-refractivity contribution in [1.29, 1.82) is 0 Å². The van der Waals surface area contributed by atoms with Crippen LogP contribution in [0.5, 0.6) is 0 Å². The van der Waals surface area contributed by atoms with Gasteiger partial charge in [0.05, 0.1) is 6.61 Å². The molecule has 0 saturated heterocycles. The summed E-state index contributed by atoms with van der Waals surface area (Å²) >= 11 is 0. The van der Waals surface area contributed by atoms with E-state index < -0.39 is 5.97 Å². The van der Waals surface area contributed by atoms with Crippen LogP contribution in [-0.2, 0) is 4.79 Å². The fraction of sp³-hybridized carbons (Fsp3) is 0.800. The normalized spacial score (nSPS) is 15.4. The van der Waals surface area contributed by atoms with Crippen molar-refractivity contribution in [3.05, 3.63) is 0 Å². The molecule has 2 amide bonds. The van der Waals surface area contributed by atoms with Gasteiger partial charge in [-0.1, -0.05) is 0 Å². The van der Waals surface area contributed by atoms with E-state index in [2.05, 4.69) is 0 Å². The Labute approximate surface area is 94.4 Å². The standard InChI is InChI=1S/C10H18N2O4/c1-11(7-9(14)15)10(16)12(5-6-13)8-3-2-4-8/h8,13H,2-7H2,1H3,(H,14,15).